The van der Waals surface area contributed by atoms with Crippen molar-refractivity contribution in [3.05, 3.63) is 29.8 Å². The molecule has 2 rings (SSSR count). The van der Waals surface area contributed by atoms with Crippen molar-refractivity contribution in [2.24, 2.45) is 0 Å². The van der Waals surface area contributed by atoms with Crippen LogP contribution in [0.1, 0.15) is 19.4 Å². The van der Waals surface area contributed by atoms with Crippen LogP contribution in [0.15, 0.2) is 24.3 Å². The number of nitrogens with zero attached hydrogens (tertiary/aromatic N) is 3. The number of carbonyl (C=O) groups is 2. The van der Waals surface area contributed by atoms with Gasteiger partial charge in [0.15, 0.2) is 6.10 Å². The van der Waals surface area contributed by atoms with Crippen molar-refractivity contribution in [2.75, 3.05) is 26.2 Å². The molecular formula is C16H19N3O3. The molecule has 1 aliphatic rings. The van der Waals surface area contributed by atoms with Gasteiger partial charge in [-0.1, -0.05) is 0 Å². The van der Waals surface area contributed by atoms with Gasteiger partial charge in [0, 0.05) is 33.1 Å². The predicted octanol–water partition coefficient (Wildman–Crippen LogP) is 1.02. The molecule has 0 aromatic heterocycles. The summed E-state index contributed by atoms with van der Waals surface area (Å²) in [5.74, 6) is 0.503. The molecule has 0 radical (unpaired) electrons. The summed E-state index contributed by atoms with van der Waals surface area (Å²) >= 11 is 0. The van der Waals surface area contributed by atoms with Gasteiger partial charge in [-0.15, -0.1) is 0 Å². The first-order valence-corrected chi connectivity index (χ1v) is 7.22. The molecule has 0 spiro atoms. The number of carbonyl (C=O) groups excluding carboxylic acids is 2. The van der Waals surface area contributed by atoms with Gasteiger partial charge in [-0.05, 0) is 31.2 Å². The summed E-state index contributed by atoms with van der Waals surface area (Å²) in [6.45, 7) is 5.42. The van der Waals surface area contributed by atoms with Crippen LogP contribution in [-0.4, -0.2) is 53.9 Å². The van der Waals surface area contributed by atoms with Gasteiger partial charge in [-0.3, -0.25) is 9.59 Å². The SMILES string of the molecule is CC(=O)N1CCN(C(=O)C(C)Oc2ccc(C#N)cc2)CC1. The number of rotatable bonds is 3. The van der Waals surface area contributed by atoms with Crippen LogP contribution in [-0.2, 0) is 9.59 Å². The zero-order valence-electron chi connectivity index (χ0n) is 12.8. The molecule has 1 unspecified atom stereocenters. The number of piperazine rings is 1. The highest BCUT2D eigenvalue weighted by Gasteiger charge is 2.26. The summed E-state index contributed by atoms with van der Waals surface area (Å²) in [5.41, 5.74) is 0.548. The largest absolute Gasteiger partial charge is 0.481 e. The molecule has 2 amide bonds. The maximum Gasteiger partial charge on any atom is 0.263 e. The molecule has 1 atom stereocenters. The first-order chi connectivity index (χ1) is 10.5. The number of nitriles is 1. The van der Waals surface area contributed by atoms with E-state index in [0.717, 1.165) is 0 Å². The van der Waals surface area contributed by atoms with Crippen LogP contribution >= 0.6 is 0 Å². The third-order valence-corrected chi connectivity index (χ3v) is 3.68. The molecule has 1 heterocycles. The van der Waals surface area contributed by atoms with E-state index in [4.69, 9.17) is 10.00 Å². The highest BCUT2D eigenvalue weighted by Crippen LogP contribution is 2.15. The lowest BCUT2D eigenvalue weighted by Gasteiger charge is -2.35. The molecule has 1 fully saturated rings. The van der Waals surface area contributed by atoms with Crippen molar-refractivity contribution in [2.45, 2.75) is 20.0 Å². The van der Waals surface area contributed by atoms with E-state index in [2.05, 4.69) is 0 Å². The van der Waals surface area contributed by atoms with Crippen molar-refractivity contribution in [3.63, 3.8) is 0 Å². The Balaban J connectivity index is 1.89. The Morgan fingerprint density at radius 3 is 2.18 bits per heavy atom. The number of amides is 2. The molecule has 1 aromatic rings. The highest BCUT2D eigenvalue weighted by molar-refractivity contribution is 5.81. The molecule has 6 nitrogen and oxygen atoms in total. The maximum absolute atomic E-state index is 12.3. The highest BCUT2D eigenvalue weighted by atomic mass is 16.5. The number of ether oxygens (including phenoxy) is 1. The van der Waals surface area contributed by atoms with Gasteiger partial charge in [0.05, 0.1) is 11.6 Å². The van der Waals surface area contributed by atoms with Gasteiger partial charge in [0.1, 0.15) is 5.75 Å². The third-order valence-electron chi connectivity index (χ3n) is 3.68. The van der Waals surface area contributed by atoms with Crippen LogP contribution in [0.2, 0.25) is 0 Å². The minimum atomic E-state index is -0.600. The molecular weight excluding hydrogens is 282 g/mol. The van der Waals surface area contributed by atoms with Crippen LogP contribution in [0.4, 0.5) is 0 Å². The first-order valence-electron chi connectivity index (χ1n) is 7.22. The average Bonchev–Trinajstić information content (AvgIpc) is 2.55. The zero-order chi connectivity index (χ0) is 16.1. The fourth-order valence-electron chi connectivity index (χ4n) is 2.36. The van der Waals surface area contributed by atoms with Crippen LogP contribution in [0.3, 0.4) is 0 Å². The van der Waals surface area contributed by atoms with E-state index in [-0.39, 0.29) is 11.8 Å². The van der Waals surface area contributed by atoms with Gasteiger partial charge < -0.3 is 14.5 Å². The number of benzene rings is 1. The summed E-state index contributed by atoms with van der Waals surface area (Å²) in [7, 11) is 0. The lowest BCUT2D eigenvalue weighted by Crippen LogP contribution is -2.52. The van der Waals surface area contributed by atoms with Gasteiger partial charge in [0.25, 0.3) is 5.91 Å². The second kappa shape index (κ2) is 6.94. The Labute approximate surface area is 129 Å². The smallest absolute Gasteiger partial charge is 0.263 e. The summed E-state index contributed by atoms with van der Waals surface area (Å²) in [4.78, 5) is 27.1. The Bertz CT molecular complexity index is 584. The van der Waals surface area contributed by atoms with E-state index in [1.54, 1.807) is 41.0 Å². The van der Waals surface area contributed by atoms with Crippen LogP contribution in [0.25, 0.3) is 0 Å². The van der Waals surface area contributed by atoms with Crippen molar-refractivity contribution in [3.8, 4) is 11.8 Å². The summed E-state index contributed by atoms with van der Waals surface area (Å²) < 4.78 is 5.62. The van der Waals surface area contributed by atoms with Crippen LogP contribution in [0, 0.1) is 11.3 Å². The van der Waals surface area contributed by atoms with Gasteiger partial charge in [-0.2, -0.15) is 5.26 Å². The van der Waals surface area contributed by atoms with E-state index < -0.39 is 6.10 Å². The van der Waals surface area contributed by atoms with Crippen molar-refractivity contribution in [1.82, 2.24) is 9.80 Å². The van der Waals surface area contributed by atoms with E-state index in [1.165, 1.54) is 6.92 Å². The summed E-state index contributed by atoms with van der Waals surface area (Å²) in [6.07, 6.45) is -0.600. The van der Waals surface area contributed by atoms with E-state index in [9.17, 15) is 9.59 Å². The van der Waals surface area contributed by atoms with E-state index >= 15 is 0 Å². The number of hydrogen-bond donors (Lipinski definition) is 0. The van der Waals surface area contributed by atoms with E-state index in [0.29, 0.717) is 37.5 Å². The normalized spacial score (nSPS) is 15.9. The molecule has 1 aliphatic heterocycles. The molecule has 0 N–H and O–H groups in total. The molecule has 22 heavy (non-hydrogen) atoms. The molecule has 1 aromatic carbocycles. The summed E-state index contributed by atoms with van der Waals surface area (Å²) in [6, 6.07) is 8.69. The monoisotopic (exact) mass is 301 g/mol. The topological polar surface area (TPSA) is 73.6 Å². The second-order valence-electron chi connectivity index (χ2n) is 5.23. The lowest BCUT2D eigenvalue weighted by molar-refractivity contribution is -0.143. The molecule has 6 heteroatoms. The quantitative estimate of drug-likeness (QED) is 0.835. The van der Waals surface area contributed by atoms with Gasteiger partial charge in [0.2, 0.25) is 5.91 Å². The first kappa shape index (κ1) is 15.8. The maximum atomic E-state index is 12.3. The fourth-order valence-corrected chi connectivity index (χ4v) is 2.36. The minimum Gasteiger partial charge on any atom is -0.481 e. The minimum absolute atomic E-state index is 0.0361. The van der Waals surface area contributed by atoms with Crippen molar-refractivity contribution < 1.29 is 14.3 Å². The Morgan fingerprint density at radius 1 is 1.14 bits per heavy atom. The Kier molecular flexibility index (Phi) is 4.99. The average molecular weight is 301 g/mol. The van der Waals surface area contributed by atoms with Crippen LogP contribution in [0.5, 0.6) is 5.75 Å². The second-order valence-corrected chi connectivity index (χ2v) is 5.23. The number of hydrogen-bond acceptors (Lipinski definition) is 4. The zero-order valence-corrected chi connectivity index (χ0v) is 12.8. The molecule has 0 bridgehead atoms. The van der Waals surface area contributed by atoms with E-state index in [1.807, 2.05) is 6.07 Å². The lowest BCUT2D eigenvalue weighted by atomic mass is 10.2. The molecule has 116 valence electrons. The van der Waals surface area contributed by atoms with Crippen molar-refractivity contribution in [1.29, 1.82) is 5.26 Å². The van der Waals surface area contributed by atoms with Gasteiger partial charge in [-0.25, -0.2) is 0 Å². The Morgan fingerprint density at radius 2 is 1.68 bits per heavy atom. The molecule has 1 saturated heterocycles. The summed E-state index contributed by atoms with van der Waals surface area (Å²) in [5, 5.41) is 8.75. The fraction of sp³-hybridized carbons (Fsp3) is 0.438. The van der Waals surface area contributed by atoms with Gasteiger partial charge >= 0.3 is 0 Å². The third kappa shape index (κ3) is 3.76. The molecule has 0 aliphatic carbocycles. The predicted molar refractivity (Wildman–Crippen MR) is 80.1 cm³/mol. The van der Waals surface area contributed by atoms with Crippen molar-refractivity contribution >= 4 is 11.8 Å². The Hall–Kier alpha value is -2.55. The van der Waals surface area contributed by atoms with Crippen LogP contribution < -0.4 is 4.74 Å². The standard InChI is InChI=1S/C16H19N3O3/c1-12(22-15-5-3-14(11-17)4-6-15)16(21)19-9-7-18(8-10-19)13(2)20/h3-6,12H,7-10H2,1-2H3. The molecule has 0 saturated carbocycles.